The van der Waals surface area contributed by atoms with Crippen molar-refractivity contribution in [1.82, 2.24) is 0 Å². The van der Waals surface area contributed by atoms with Gasteiger partial charge in [-0.1, -0.05) is 49.7 Å². The summed E-state index contributed by atoms with van der Waals surface area (Å²) in [6, 6.07) is 15.0. The van der Waals surface area contributed by atoms with E-state index in [1.54, 1.807) is 17.0 Å². The van der Waals surface area contributed by atoms with Crippen molar-refractivity contribution in [2.24, 2.45) is 5.92 Å². The summed E-state index contributed by atoms with van der Waals surface area (Å²) in [5, 5.41) is 3.42. The smallest absolute Gasteiger partial charge is 0.229 e. The van der Waals surface area contributed by atoms with Gasteiger partial charge in [0, 0.05) is 18.7 Å². The lowest BCUT2D eigenvalue weighted by Gasteiger charge is -2.18. The van der Waals surface area contributed by atoms with Crippen molar-refractivity contribution in [3.63, 3.8) is 0 Å². The summed E-state index contributed by atoms with van der Waals surface area (Å²) in [6.45, 7) is 4.60. The first-order valence-electron chi connectivity index (χ1n) is 8.41. The standard InChI is InChI=1S/C20H21ClN2O2/c1-13(2)14-7-9-16(10-8-14)22-20(25)15-11-19(24)23(12-15)18-6-4-3-5-17(18)21/h3-10,13,15H,11-12H2,1-2H3,(H,22,25). The molecule has 1 aliphatic heterocycles. The first kappa shape index (κ1) is 17.5. The number of nitrogens with zero attached hydrogens (tertiary/aromatic N) is 1. The number of hydrogen-bond acceptors (Lipinski definition) is 2. The Balaban J connectivity index is 1.67. The van der Waals surface area contributed by atoms with E-state index in [0.717, 1.165) is 5.69 Å². The van der Waals surface area contributed by atoms with Gasteiger partial charge in [0.05, 0.1) is 16.6 Å². The number of nitrogens with one attached hydrogen (secondary N) is 1. The van der Waals surface area contributed by atoms with Gasteiger partial charge < -0.3 is 10.2 Å². The van der Waals surface area contributed by atoms with Crippen LogP contribution < -0.4 is 10.2 Å². The van der Waals surface area contributed by atoms with Gasteiger partial charge in [-0.05, 0) is 35.7 Å². The lowest BCUT2D eigenvalue weighted by Crippen LogP contribution is -2.28. The van der Waals surface area contributed by atoms with Crippen LogP contribution in [0.2, 0.25) is 5.02 Å². The highest BCUT2D eigenvalue weighted by molar-refractivity contribution is 6.33. The van der Waals surface area contributed by atoms with Crippen molar-refractivity contribution < 1.29 is 9.59 Å². The van der Waals surface area contributed by atoms with Gasteiger partial charge in [-0.15, -0.1) is 0 Å². The highest BCUT2D eigenvalue weighted by Crippen LogP contribution is 2.31. The van der Waals surface area contributed by atoms with Gasteiger partial charge in [0.1, 0.15) is 0 Å². The fourth-order valence-corrected chi connectivity index (χ4v) is 3.22. The molecule has 25 heavy (non-hydrogen) atoms. The molecule has 1 heterocycles. The van der Waals surface area contributed by atoms with Gasteiger partial charge in [0.2, 0.25) is 11.8 Å². The number of carbonyl (C=O) groups is 2. The lowest BCUT2D eigenvalue weighted by molar-refractivity contribution is -0.122. The molecule has 0 bridgehead atoms. The monoisotopic (exact) mass is 356 g/mol. The Kier molecular flexibility index (Phi) is 5.09. The van der Waals surface area contributed by atoms with Crippen molar-refractivity contribution in [3.05, 3.63) is 59.1 Å². The summed E-state index contributed by atoms with van der Waals surface area (Å²) in [4.78, 5) is 26.4. The topological polar surface area (TPSA) is 49.4 Å². The SMILES string of the molecule is CC(C)c1ccc(NC(=O)C2CC(=O)N(c3ccccc3Cl)C2)cc1. The predicted octanol–water partition coefficient (Wildman–Crippen LogP) is 4.46. The van der Waals surface area contributed by atoms with Crippen molar-refractivity contribution in [3.8, 4) is 0 Å². The molecule has 0 spiro atoms. The summed E-state index contributed by atoms with van der Waals surface area (Å²) >= 11 is 6.17. The molecule has 0 aliphatic carbocycles. The van der Waals surface area contributed by atoms with Gasteiger partial charge in [-0.2, -0.15) is 0 Å². The van der Waals surface area contributed by atoms with Crippen molar-refractivity contribution in [1.29, 1.82) is 0 Å². The molecule has 1 saturated heterocycles. The third-order valence-electron chi connectivity index (χ3n) is 4.48. The summed E-state index contributed by atoms with van der Waals surface area (Å²) in [7, 11) is 0. The van der Waals surface area contributed by atoms with Gasteiger partial charge in [-0.3, -0.25) is 9.59 Å². The zero-order valence-electron chi connectivity index (χ0n) is 14.3. The molecule has 0 saturated carbocycles. The largest absolute Gasteiger partial charge is 0.326 e. The minimum Gasteiger partial charge on any atom is -0.326 e. The molecule has 1 atom stereocenters. The summed E-state index contributed by atoms with van der Waals surface area (Å²) in [5.74, 6) is -0.154. The van der Waals surface area contributed by atoms with Crippen molar-refractivity contribution in [2.75, 3.05) is 16.8 Å². The number of benzene rings is 2. The van der Waals surface area contributed by atoms with Gasteiger partial charge in [0.25, 0.3) is 0 Å². The molecule has 3 rings (SSSR count). The van der Waals surface area contributed by atoms with Crippen LogP contribution in [-0.2, 0) is 9.59 Å². The van der Waals surface area contributed by atoms with Crippen LogP contribution in [0.3, 0.4) is 0 Å². The minimum atomic E-state index is -0.381. The van der Waals surface area contributed by atoms with Crippen LogP contribution in [-0.4, -0.2) is 18.4 Å². The van der Waals surface area contributed by atoms with E-state index in [0.29, 0.717) is 23.2 Å². The van der Waals surface area contributed by atoms with E-state index >= 15 is 0 Å². The molecule has 2 aromatic carbocycles. The average Bonchev–Trinajstić information content (AvgIpc) is 2.97. The highest BCUT2D eigenvalue weighted by atomic mass is 35.5. The van der Waals surface area contributed by atoms with E-state index in [9.17, 15) is 9.59 Å². The number of anilines is 2. The van der Waals surface area contributed by atoms with Crippen LogP contribution in [0.5, 0.6) is 0 Å². The van der Waals surface area contributed by atoms with Crippen LogP contribution >= 0.6 is 11.6 Å². The van der Waals surface area contributed by atoms with Gasteiger partial charge in [0.15, 0.2) is 0 Å². The maximum absolute atomic E-state index is 12.5. The first-order valence-corrected chi connectivity index (χ1v) is 8.79. The second kappa shape index (κ2) is 7.28. The number of amides is 2. The summed E-state index contributed by atoms with van der Waals surface area (Å²) < 4.78 is 0. The maximum Gasteiger partial charge on any atom is 0.229 e. The molecular weight excluding hydrogens is 336 g/mol. The van der Waals surface area contributed by atoms with Crippen molar-refractivity contribution >= 4 is 34.8 Å². The Bertz CT molecular complexity index is 787. The van der Waals surface area contributed by atoms with Crippen LogP contribution in [0, 0.1) is 5.92 Å². The summed E-state index contributed by atoms with van der Waals surface area (Å²) in [5.41, 5.74) is 2.63. The maximum atomic E-state index is 12.5. The summed E-state index contributed by atoms with van der Waals surface area (Å²) in [6.07, 6.45) is 0.196. The molecule has 1 fully saturated rings. The van der Waals surface area contributed by atoms with E-state index in [-0.39, 0.29) is 24.2 Å². The molecule has 130 valence electrons. The number of hydrogen-bond donors (Lipinski definition) is 1. The molecule has 1 aliphatic rings. The Morgan fingerprint density at radius 1 is 1.16 bits per heavy atom. The van der Waals surface area contributed by atoms with Crippen LogP contribution in [0.4, 0.5) is 11.4 Å². The second-order valence-electron chi connectivity index (χ2n) is 6.62. The molecule has 2 aromatic rings. The number of para-hydroxylation sites is 1. The Morgan fingerprint density at radius 2 is 1.84 bits per heavy atom. The minimum absolute atomic E-state index is 0.0802. The fraction of sp³-hybridized carbons (Fsp3) is 0.300. The Hall–Kier alpha value is -2.33. The lowest BCUT2D eigenvalue weighted by atomic mass is 10.0. The Morgan fingerprint density at radius 3 is 2.48 bits per heavy atom. The van der Waals surface area contributed by atoms with E-state index in [4.69, 9.17) is 11.6 Å². The van der Waals surface area contributed by atoms with E-state index in [2.05, 4.69) is 19.2 Å². The molecule has 4 nitrogen and oxygen atoms in total. The number of carbonyl (C=O) groups excluding carboxylic acids is 2. The van der Waals surface area contributed by atoms with Crippen LogP contribution in [0.1, 0.15) is 31.7 Å². The molecule has 0 radical (unpaired) electrons. The molecule has 1 N–H and O–H groups in total. The normalized spacial score (nSPS) is 17.2. The molecule has 1 unspecified atom stereocenters. The van der Waals surface area contributed by atoms with Crippen molar-refractivity contribution in [2.45, 2.75) is 26.2 Å². The second-order valence-corrected chi connectivity index (χ2v) is 7.03. The fourth-order valence-electron chi connectivity index (χ4n) is 2.98. The predicted molar refractivity (Wildman–Crippen MR) is 101 cm³/mol. The molecule has 0 aromatic heterocycles. The average molecular weight is 357 g/mol. The van der Waals surface area contributed by atoms with Crippen LogP contribution in [0.25, 0.3) is 0 Å². The Labute approximate surface area is 152 Å². The first-order chi connectivity index (χ1) is 12.0. The van der Waals surface area contributed by atoms with E-state index < -0.39 is 0 Å². The molecular formula is C20H21ClN2O2. The van der Waals surface area contributed by atoms with Gasteiger partial charge in [-0.25, -0.2) is 0 Å². The number of rotatable bonds is 4. The third-order valence-corrected chi connectivity index (χ3v) is 4.80. The van der Waals surface area contributed by atoms with E-state index in [1.807, 2.05) is 36.4 Å². The number of halogens is 1. The molecule has 2 amide bonds. The zero-order chi connectivity index (χ0) is 18.0. The van der Waals surface area contributed by atoms with Gasteiger partial charge >= 0.3 is 0 Å². The third kappa shape index (κ3) is 3.85. The van der Waals surface area contributed by atoms with E-state index in [1.165, 1.54) is 5.56 Å². The zero-order valence-corrected chi connectivity index (χ0v) is 15.1. The highest BCUT2D eigenvalue weighted by Gasteiger charge is 2.35. The molecule has 5 heteroatoms. The quantitative estimate of drug-likeness (QED) is 0.879. The van der Waals surface area contributed by atoms with Crippen LogP contribution in [0.15, 0.2) is 48.5 Å².